The minimum absolute atomic E-state index is 0.128. The largest absolute Gasteiger partial charge is 0.489 e. The maximum atomic E-state index is 13.2. The van der Waals surface area contributed by atoms with E-state index in [1.54, 1.807) is 7.05 Å². The highest BCUT2D eigenvalue weighted by atomic mass is 19.1. The first-order valence-electron chi connectivity index (χ1n) is 4.48. The Kier molecular flexibility index (Phi) is 2.37. The van der Waals surface area contributed by atoms with E-state index in [2.05, 4.69) is 5.32 Å². The summed E-state index contributed by atoms with van der Waals surface area (Å²) in [5.74, 6) is -0.978. The first-order chi connectivity index (χ1) is 6.70. The van der Waals surface area contributed by atoms with E-state index in [9.17, 15) is 8.78 Å². The number of benzene rings is 1. The van der Waals surface area contributed by atoms with E-state index in [0.717, 1.165) is 6.07 Å². The molecular weight excluding hydrogens is 188 g/mol. The van der Waals surface area contributed by atoms with Crippen molar-refractivity contribution in [2.75, 3.05) is 13.7 Å². The lowest BCUT2D eigenvalue weighted by Crippen LogP contribution is -2.37. The van der Waals surface area contributed by atoms with Gasteiger partial charge in [-0.15, -0.1) is 0 Å². The summed E-state index contributed by atoms with van der Waals surface area (Å²) in [6.07, 6.45) is 0.598. The van der Waals surface area contributed by atoms with Gasteiger partial charge in [0.2, 0.25) is 0 Å². The molecule has 0 saturated heterocycles. The molecule has 4 heteroatoms. The Hall–Kier alpha value is -1.16. The van der Waals surface area contributed by atoms with Crippen molar-refractivity contribution in [1.29, 1.82) is 0 Å². The lowest BCUT2D eigenvalue weighted by atomic mass is 10.0. The molecule has 0 spiro atoms. The van der Waals surface area contributed by atoms with E-state index >= 15 is 0 Å². The average molecular weight is 199 g/mol. The highest BCUT2D eigenvalue weighted by Crippen LogP contribution is 2.28. The number of ether oxygens (including phenoxy) is 1. The first kappa shape index (κ1) is 9.40. The van der Waals surface area contributed by atoms with Crippen LogP contribution in [-0.4, -0.2) is 19.7 Å². The van der Waals surface area contributed by atoms with Crippen LogP contribution in [0.2, 0.25) is 0 Å². The molecule has 1 N–H and O–H groups in total. The summed E-state index contributed by atoms with van der Waals surface area (Å²) in [4.78, 5) is 0. The van der Waals surface area contributed by atoms with E-state index < -0.39 is 11.6 Å². The van der Waals surface area contributed by atoms with Crippen LogP contribution in [0, 0.1) is 11.6 Å². The summed E-state index contributed by atoms with van der Waals surface area (Å²) in [5, 5.41) is 3.01. The molecule has 2 rings (SSSR count). The molecule has 0 amide bonds. The number of hydrogen-bond donors (Lipinski definition) is 1. The zero-order valence-corrected chi connectivity index (χ0v) is 7.81. The van der Waals surface area contributed by atoms with Crippen LogP contribution in [0.1, 0.15) is 5.56 Å². The minimum Gasteiger partial charge on any atom is -0.489 e. The Morgan fingerprint density at radius 2 is 2.21 bits per heavy atom. The van der Waals surface area contributed by atoms with Crippen molar-refractivity contribution in [2.24, 2.45) is 0 Å². The predicted octanol–water partition coefficient (Wildman–Crippen LogP) is 1.49. The van der Waals surface area contributed by atoms with E-state index in [1.165, 1.54) is 6.07 Å². The second-order valence-corrected chi connectivity index (χ2v) is 3.38. The molecule has 0 fully saturated rings. The molecule has 0 saturated carbocycles. The normalized spacial score (nSPS) is 20.1. The monoisotopic (exact) mass is 199 g/mol. The zero-order chi connectivity index (χ0) is 10.1. The molecule has 1 aromatic carbocycles. The molecule has 1 heterocycles. The molecule has 1 atom stereocenters. The van der Waals surface area contributed by atoms with Crippen LogP contribution in [0.25, 0.3) is 0 Å². The maximum absolute atomic E-state index is 13.2. The summed E-state index contributed by atoms with van der Waals surface area (Å²) in [6.45, 7) is 0.423. The van der Waals surface area contributed by atoms with Crippen LogP contribution in [-0.2, 0) is 6.42 Å². The van der Waals surface area contributed by atoms with Gasteiger partial charge in [0.05, 0.1) is 0 Å². The topological polar surface area (TPSA) is 21.3 Å². The van der Waals surface area contributed by atoms with Crippen molar-refractivity contribution in [2.45, 2.75) is 12.5 Å². The van der Waals surface area contributed by atoms with Crippen LogP contribution in [0.3, 0.4) is 0 Å². The Morgan fingerprint density at radius 1 is 1.43 bits per heavy atom. The fraction of sp³-hybridized carbons (Fsp3) is 0.400. The van der Waals surface area contributed by atoms with Crippen LogP contribution in [0.4, 0.5) is 8.78 Å². The van der Waals surface area contributed by atoms with Gasteiger partial charge in [0, 0.05) is 17.7 Å². The first-order valence-corrected chi connectivity index (χ1v) is 4.48. The van der Waals surface area contributed by atoms with Gasteiger partial charge in [-0.25, -0.2) is 8.78 Å². The number of likely N-dealkylation sites (N-methyl/N-ethyl adjacent to an activating group) is 1. The lowest BCUT2D eigenvalue weighted by Gasteiger charge is -2.25. The summed E-state index contributed by atoms with van der Waals surface area (Å²) >= 11 is 0. The molecule has 1 unspecified atom stereocenters. The Balaban J connectivity index is 2.37. The lowest BCUT2D eigenvalue weighted by molar-refractivity contribution is 0.233. The van der Waals surface area contributed by atoms with Gasteiger partial charge in [0.1, 0.15) is 12.4 Å². The average Bonchev–Trinajstić information content (AvgIpc) is 2.16. The third-order valence-electron chi connectivity index (χ3n) is 2.39. The predicted molar refractivity (Wildman–Crippen MR) is 48.4 cm³/mol. The van der Waals surface area contributed by atoms with Gasteiger partial charge in [-0.05, 0) is 19.5 Å². The quantitative estimate of drug-likeness (QED) is 0.739. The Labute approximate surface area is 80.9 Å². The number of hydrogen-bond acceptors (Lipinski definition) is 2. The molecule has 0 aliphatic carbocycles. The highest BCUT2D eigenvalue weighted by molar-refractivity contribution is 5.37. The second-order valence-electron chi connectivity index (χ2n) is 3.38. The van der Waals surface area contributed by atoms with Crippen molar-refractivity contribution in [3.05, 3.63) is 29.3 Å². The van der Waals surface area contributed by atoms with Gasteiger partial charge in [-0.1, -0.05) is 0 Å². The van der Waals surface area contributed by atoms with Crippen LogP contribution in [0.5, 0.6) is 5.75 Å². The van der Waals surface area contributed by atoms with Gasteiger partial charge in [0.15, 0.2) is 11.6 Å². The molecule has 0 radical (unpaired) electrons. The van der Waals surface area contributed by atoms with Crippen molar-refractivity contribution in [3.63, 3.8) is 0 Å². The third kappa shape index (κ3) is 1.57. The molecule has 76 valence electrons. The van der Waals surface area contributed by atoms with E-state index in [4.69, 9.17) is 4.74 Å². The zero-order valence-electron chi connectivity index (χ0n) is 7.81. The molecule has 0 aromatic heterocycles. The van der Waals surface area contributed by atoms with Crippen molar-refractivity contribution in [3.8, 4) is 5.75 Å². The van der Waals surface area contributed by atoms with Crippen LogP contribution < -0.4 is 10.1 Å². The number of nitrogens with one attached hydrogen (secondary N) is 1. The molecular formula is C10H11F2NO. The fourth-order valence-corrected chi connectivity index (χ4v) is 1.62. The number of halogens is 2. The van der Waals surface area contributed by atoms with Gasteiger partial charge in [-0.2, -0.15) is 0 Å². The summed E-state index contributed by atoms with van der Waals surface area (Å²) < 4.78 is 31.3. The summed E-state index contributed by atoms with van der Waals surface area (Å²) in [5.41, 5.74) is 0.591. The van der Waals surface area contributed by atoms with Crippen LogP contribution in [0.15, 0.2) is 12.1 Å². The molecule has 1 aliphatic heterocycles. The van der Waals surface area contributed by atoms with E-state index in [1.807, 2.05) is 0 Å². The van der Waals surface area contributed by atoms with Gasteiger partial charge in [0.25, 0.3) is 0 Å². The van der Waals surface area contributed by atoms with Crippen molar-refractivity contribution < 1.29 is 13.5 Å². The molecule has 1 aliphatic rings. The molecule has 0 bridgehead atoms. The summed E-state index contributed by atoms with van der Waals surface area (Å²) in [6, 6.07) is 2.30. The highest BCUT2D eigenvalue weighted by Gasteiger charge is 2.22. The smallest absolute Gasteiger partial charge is 0.168 e. The fourth-order valence-electron chi connectivity index (χ4n) is 1.62. The van der Waals surface area contributed by atoms with Crippen molar-refractivity contribution >= 4 is 0 Å². The Bertz CT molecular complexity index is 354. The van der Waals surface area contributed by atoms with E-state index in [0.29, 0.717) is 18.6 Å². The number of fused-ring (bicyclic) bond motifs is 1. The van der Waals surface area contributed by atoms with Gasteiger partial charge in [-0.3, -0.25) is 0 Å². The van der Waals surface area contributed by atoms with E-state index in [-0.39, 0.29) is 11.8 Å². The second kappa shape index (κ2) is 3.53. The Morgan fingerprint density at radius 3 is 2.93 bits per heavy atom. The third-order valence-corrected chi connectivity index (χ3v) is 2.39. The molecule has 1 aromatic rings. The standard InChI is InChI=1S/C10H11F2NO/c1-13-8-3-6-2-7(11)4-9(12)10(6)14-5-8/h2,4,8,13H,3,5H2,1H3. The minimum atomic E-state index is -0.616. The van der Waals surface area contributed by atoms with Gasteiger partial charge < -0.3 is 10.1 Å². The van der Waals surface area contributed by atoms with Crippen LogP contribution >= 0.6 is 0 Å². The SMILES string of the molecule is CNC1COc2c(F)cc(F)cc2C1. The van der Waals surface area contributed by atoms with Gasteiger partial charge >= 0.3 is 0 Å². The molecule has 2 nitrogen and oxygen atoms in total. The van der Waals surface area contributed by atoms with Crippen molar-refractivity contribution in [1.82, 2.24) is 5.32 Å². The summed E-state index contributed by atoms with van der Waals surface area (Å²) in [7, 11) is 1.80. The molecule has 14 heavy (non-hydrogen) atoms. The maximum Gasteiger partial charge on any atom is 0.168 e. The number of rotatable bonds is 1.